The Morgan fingerprint density at radius 2 is 2.27 bits per heavy atom. The summed E-state index contributed by atoms with van der Waals surface area (Å²) >= 11 is 0. The minimum absolute atomic E-state index is 0.254. The summed E-state index contributed by atoms with van der Waals surface area (Å²) < 4.78 is 10.3. The fourth-order valence-electron chi connectivity index (χ4n) is 0.737. The van der Waals surface area contributed by atoms with Crippen molar-refractivity contribution < 1.29 is 9.16 Å². The predicted octanol–water partition coefficient (Wildman–Crippen LogP) is 1.12. The molecule has 0 radical (unpaired) electrons. The Hall–Kier alpha value is -0.123. The van der Waals surface area contributed by atoms with Crippen LogP contribution in [0.3, 0.4) is 0 Å². The average molecular weight is 174 g/mol. The maximum absolute atomic E-state index is 5.45. The number of hydrogen-bond donors (Lipinski definition) is 0. The first kappa shape index (κ1) is 10.9. The van der Waals surface area contributed by atoms with Gasteiger partial charge in [-0.1, -0.05) is 6.08 Å². The van der Waals surface area contributed by atoms with Crippen LogP contribution in [-0.2, 0) is 9.16 Å². The first-order valence-electron chi connectivity index (χ1n) is 4.09. The third-order valence-electron chi connectivity index (χ3n) is 1.33. The molecule has 0 N–H and O–H groups in total. The summed E-state index contributed by atoms with van der Waals surface area (Å²) in [5, 5.41) is 0. The third kappa shape index (κ3) is 9.88. The summed E-state index contributed by atoms with van der Waals surface area (Å²) in [7, 11) is 1.46. The smallest absolute Gasteiger partial charge is 0.161 e. The molecule has 3 heteroatoms. The molecule has 0 aromatic rings. The second kappa shape index (κ2) is 9.88. The third-order valence-corrected chi connectivity index (χ3v) is 2.61. The fraction of sp³-hybridized carbons (Fsp3) is 0.750. The van der Waals surface area contributed by atoms with Crippen LogP contribution < -0.4 is 0 Å². The van der Waals surface area contributed by atoms with Crippen LogP contribution in [0.5, 0.6) is 0 Å². The zero-order valence-corrected chi connectivity index (χ0v) is 8.76. The lowest BCUT2D eigenvalue weighted by Gasteiger charge is -2.01. The van der Waals surface area contributed by atoms with E-state index in [0.717, 1.165) is 26.1 Å². The van der Waals surface area contributed by atoms with Gasteiger partial charge in [-0.3, -0.25) is 0 Å². The molecule has 0 saturated heterocycles. The summed E-state index contributed by atoms with van der Waals surface area (Å²) in [4.78, 5) is 0. The van der Waals surface area contributed by atoms with Gasteiger partial charge in [-0.15, -0.1) is 6.58 Å². The Labute approximate surface area is 71.5 Å². The lowest BCUT2D eigenvalue weighted by molar-refractivity contribution is 0.174. The molecule has 0 aliphatic rings. The van der Waals surface area contributed by atoms with Gasteiger partial charge in [0.1, 0.15) is 0 Å². The lowest BCUT2D eigenvalue weighted by Crippen LogP contribution is -2.02. The Kier molecular flexibility index (Phi) is 9.77. The topological polar surface area (TPSA) is 18.5 Å². The highest BCUT2D eigenvalue weighted by atomic mass is 28.2. The van der Waals surface area contributed by atoms with E-state index >= 15 is 0 Å². The molecule has 0 fully saturated rings. The number of hydrogen-bond acceptors (Lipinski definition) is 2. The molecule has 2 nitrogen and oxygen atoms in total. The van der Waals surface area contributed by atoms with Crippen LogP contribution in [0, 0.1) is 0 Å². The van der Waals surface area contributed by atoms with Crippen LogP contribution in [0.25, 0.3) is 0 Å². The molecule has 0 heterocycles. The lowest BCUT2D eigenvalue weighted by atomic mass is 10.5. The highest BCUT2D eigenvalue weighted by Crippen LogP contribution is 1.90. The normalized spacial score (nSPS) is 11.0. The van der Waals surface area contributed by atoms with Gasteiger partial charge in [0.15, 0.2) is 9.76 Å². The Balaban J connectivity index is 2.74. The molecule has 0 bridgehead atoms. The van der Waals surface area contributed by atoms with Gasteiger partial charge in [0.2, 0.25) is 0 Å². The van der Waals surface area contributed by atoms with Gasteiger partial charge in [-0.2, -0.15) is 0 Å². The number of ether oxygens (including phenoxy) is 1. The van der Waals surface area contributed by atoms with E-state index in [1.54, 1.807) is 7.11 Å². The maximum atomic E-state index is 5.45. The molecule has 66 valence electrons. The Morgan fingerprint density at radius 1 is 1.45 bits per heavy atom. The van der Waals surface area contributed by atoms with E-state index in [1.807, 2.05) is 6.08 Å². The van der Waals surface area contributed by atoms with Crippen molar-refractivity contribution in [1.82, 2.24) is 0 Å². The second-order valence-electron chi connectivity index (χ2n) is 2.39. The molecule has 0 saturated carbocycles. The molecule has 0 aromatic carbocycles. The van der Waals surface area contributed by atoms with Gasteiger partial charge >= 0.3 is 0 Å². The highest BCUT2D eigenvalue weighted by Gasteiger charge is 1.88. The fourth-order valence-corrected chi connectivity index (χ4v) is 1.80. The SMILES string of the molecule is C=CCC[SiH2]OCCCOC. The summed E-state index contributed by atoms with van der Waals surface area (Å²) in [6.45, 7) is 5.34. The van der Waals surface area contributed by atoms with E-state index in [2.05, 4.69) is 6.58 Å². The Bertz CT molecular complexity index is 86.2. The summed E-state index contributed by atoms with van der Waals surface area (Å²) in [5.74, 6) is 0. The molecule has 0 atom stereocenters. The molecule has 0 unspecified atom stereocenters. The predicted molar refractivity (Wildman–Crippen MR) is 50.6 cm³/mol. The molecule has 11 heavy (non-hydrogen) atoms. The van der Waals surface area contributed by atoms with Crippen LogP contribution in [0.15, 0.2) is 12.7 Å². The van der Waals surface area contributed by atoms with Crippen LogP contribution in [0.1, 0.15) is 12.8 Å². The first-order valence-corrected chi connectivity index (χ1v) is 5.67. The van der Waals surface area contributed by atoms with E-state index in [1.165, 1.54) is 6.04 Å². The van der Waals surface area contributed by atoms with Crippen molar-refractivity contribution in [2.75, 3.05) is 20.3 Å². The van der Waals surface area contributed by atoms with E-state index in [9.17, 15) is 0 Å². The van der Waals surface area contributed by atoms with Gasteiger partial charge in [0, 0.05) is 20.3 Å². The van der Waals surface area contributed by atoms with E-state index in [4.69, 9.17) is 9.16 Å². The van der Waals surface area contributed by atoms with Crippen molar-refractivity contribution in [3.8, 4) is 0 Å². The van der Waals surface area contributed by atoms with Gasteiger partial charge in [-0.05, 0) is 18.9 Å². The number of rotatable bonds is 8. The van der Waals surface area contributed by atoms with Crippen molar-refractivity contribution in [3.05, 3.63) is 12.7 Å². The maximum Gasteiger partial charge on any atom is 0.161 e. The van der Waals surface area contributed by atoms with Crippen LogP contribution in [0.2, 0.25) is 6.04 Å². The van der Waals surface area contributed by atoms with Crippen LogP contribution in [0.4, 0.5) is 0 Å². The summed E-state index contributed by atoms with van der Waals surface area (Å²) in [6, 6.07) is 1.22. The zero-order chi connectivity index (χ0) is 8.36. The molecule has 0 rings (SSSR count). The second-order valence-corrected chi connectivity index (χ2v) is 3.91. The van der Waals surface area contributed by atoms with Crippen molar-refractivity contribution in [3.63, 3.8) is 0 Å². The first-order chi connectivity index (χ1) is 5.41. The minimum atomic E-state index is -0.254. The molecule has 0 aliphatic heterocycles. The molecule has 0 spiro atoms. The zero-order valence-electron chi connectivity index (χ0n) is 7.34. The highest BCUT2D eigenvalue weighted by molar-refractivity contribution is 6.27. The van der Waals surface area contributed by atoms with Crippen LogP contribution >= 0.6 is 0 Å². The van der Waals surface area contributed by atoms with Crippen LogP contribution in [-0.4, -0.2) is 30.1 Å². The van der Waals surface area contributed by atoms with Gasteiger partial charge < -0.3 is 9.16 Å². The largest absolute Gasteiger partial charge is 0.424 e. The molecule has 0 aromatic heterocycles. The summed E-state index contributed by atoms with van der Waals surface area (Å²) in [5.41, 5.74) is 0. The minimum Gasteiger partial charge on any atom is -0.424 e. The monoisotopic (exact) mass is 174 g/mol. The van der Waals surface area contributed by atoms with Gasteiger partial charge in [0.25, 0.3) is 0 Å². The van der Waals surface area contributed by atoms with Crippen molar-refractivity contribution in [2.45, 2.75) is 18.9 Å². The average Bonchev–Trinajstić information content (AvgIpc) is 2.03. The van der Waals surface area contributed by atoms with Crippen molar-refractivity contribution in [2.24, 2.45) is 0 Å². The summed E-state index contributed by atoms with van der Waals surface area (Å²) in [6.07, 6.45) is 4.08. The van der Waals surface area contributed by atoms with E-state index in [-0.39, 0.29) is 9.76 Å². The van der Waals surface area contributed by atoms with E-state index in [0.29, 0.717) is 0 Å². The molecular formula is C8H18O2Si. The van der Waals surface area contributed by atoms with Crippen molar-refractivity contribution >= 4 is 9.76 Å². The Morgan fingerprint density at radius 3 is 2.91 bits per heavy atom. The van der Waals surface area contributed by atoms with E-state index < -0.39 is 0 Å². The van der Waals surface area contributed by atoms with Gasteiger partial charge in [0.05, 0.1) is 0 Å². The standard InChI is InChI=1S/C8H18O2Si/c1-3-4-8-11-10-7-5-6-9-2/h3H,1,4-8,11H2,2H3. The molecule has 0 amide bonds. The van der Waals surface area contributed by atoms with Gasteiger partial charge in [-0.25, -0.2) is 0 Å². The van der Waals surface area contributed by atoms with Crippen molar-refractivity contribution in [1.29, 1.82) is 0 Å². The molecular weight excluding hydrogens is 156 g/mol. The molecule has 0 aliphatic carbocycles. The number of methoxy groups -OCH3 is 1. The number of allylic oxidation sites excluding steroid dienone is 1. The quantitative estimate of drug-likeness (QED) is 0.312.